The lowest BCUT2D eigenvalue weighted by molar-refractivity contribution is -0.311. The number of hydrogen-bond acceptors (Lipinski definition) is 12. The SMILES string of the molecule is C[C@@H]1C[C@@H](O[C@@H]2O[C@H](COC(=O)c3ccc(Br)cc3)[C@@H](OC(=O)c3ccc(Br)cc3)[C@H](OC(=O)c3ccc(Br)cc3)[C@H]2OC(=O)c2ccc(Br)cc2)CC(=O)O1. The van der Waals surface area contributed by atoms with Gasteiger partial charge in [-0.3, -0.25) is 4.79 Å². The monoisotopic (exact) mass is 1020 g/mol. The highest BCUT2D eigenvalue weighted by Crippen LogP contribution is 2.34. The van der Waals surface area contributed by atoms with Gasteiger partial charge in [0, 0.05) is 24.3 Å². The molecule has 56 heavy (non-hydrogen) atoms. The van der Waals surface area contributed by atoms with Crippen LogP contribution in [-0.2, 0) is 38.0 Å². The van der Waals surface area contributed by atoms with Crippen molar-refractivity contribution in [2.75, 3.05) is 6.61 Å². The van der Waals surface area contributed by atoms with Gasteiger partial charge >= 0.3 is 29.8 Å². The van der Waals surface area contributed by atoms with Crippen LogP contribution in [0.4, 0.5) is 0 Å². The summed E-state index contributed by atoms with van der Waals surface area (Å²) in [5.74, 6) is -3.81. The number of ether oxygens (including phenoxy) is 7. The first-order valence-electron chi connectivity index (χ1n) is 17.2. The molecule has 4 aromatic carbocycles. The van der Waals surface area contributed by atoms with E-state index in [-0.39, 0.29) is 35.1 Å². The number of esters is 5. The summed E-state index contributed by atoms with van der Waals surface area (Å²) in [5.41, 5.74) is 0.603. The molecule has 2 aliphatic heterocycles. The number of benzene rings is 4. The predicted octanol–water partition coefficient (Wildman–Crippen LogP) is 8.41. The summed E-state index contributed by atoms with van der Waals surface area (Å²) in [6, 6.07) is 25.3. The summed E-state index contributed by atoms with van der Waals surface area (Å²) in [7, 11) is 0. The summed E-state index contributed by atoms with van der Waals surface area (Å²) < 4.78 is 44.9. The van der Waals surface area contributed by atoms with Gasteiger partial charge in [-0.15, -0.1) is 0 Å². The third kappa shape index (κ3) is 10.9. The van der Waals surface area contributed by atoms with Crippen LogP contribution in [0.5, 0.6) is 0 Å². The average molecular weight is 1020 g/mol. The van der Waals surface area contributed by atoms with E-state index in [1.165, 1.54) is 36.4 Å². The van der Waals surface area contributed by atoms with Crippen molar-refractivity contribution in [3.63, 3.8) is 0 Å². The van der Waals surface area contributed by atoms with E-state index in [4.69, 9.17) is 33.2 Å². The molecule has 0 N–H and O–H groups in total. The quantitative estimate of drug-likeness (QED) is 0.105. The van der Waals surface area contributed by atoms with E-state index >= 15 is 0 Å². The molecule has 0 unspecified atom stereocenters. The van der Waals surface area contributed by atoms with Crippen molar-refractivity contribution in [1.29, 1.82) is 0 Å². The molecule has 2 fully saturated rings. The second-order valence-corrected chi connectivity index (χ2v) is 16.4. The van der Waals surface area contributed by atoms with Gasteiger partial charge in [-0.05, 0) is 104 Å². The Hall–Kier alpha value is -3.93. The Balaban J connectivity index is 1.42. The van der Waals surface area contributed by atoms with Crippen molar-refractivity contribution < 1.29 is 57.1 Å². The van der Waals surface area contributed by atoms with Crippen molar-refractivity contribution in [1.82, 2.24) is 0 Å². The van der Waals surface area contributed by atoms with Gasteiger partial charge in [0.05, 0.1) is 34.8 Å². The Kier molecular flexibility index (Phi) is 14.2. The molecule has 0 radical (unpaired) electrons. The van der Waals surface area contributed by atoms with Crippen molar-refractivity contribution >= 4 is 93.6 Å². The lowest BCUT2D eigenvalue weighted by Crippen LogP contribution is -2.63. The Bertz CT molecular complexity index is 2040. The zero-order valence-electron chi connectivity index (χ0n) is 29.3. The van der Waals surface area contributed by atoms with Crippen LogP contribution in [0.2, 0.25) is 0 Å². The van der Waals surface area contributed by atoms with Crippen LogP contribution in [-0.4, -0.2) is 79.4 Å². The highest BCUT2D eigenvalue weighted by Gasteiger charge is 2.54. The van der Waals surface area contributed by atoms with Crippen LogP contribution in [0.15, 0.2) is 115 Å². The molecule has 0 saturated carbocycles. The molecule has 4 aromatic rings. The molecule has 0 bridgehead atoms. The van der Waals surface area contributed by atoms with Crippen LogP contribution < -0.4 is 0 Å². The summed E-state index contributed by atoms with van der Waals surface area (Å²) in [6.07, 6.45) is -8.88. The fourth-order valence-electron chi connectivity index (χ4n) is 5.94. The van der Waals surface area contributed by atoms with E-state index in [0.717, 1.165) is 4.47 Å². The molecule has 2 heterocycles. The molecule has 292 valence electrons. The van der Waals surface area contributed by atoms with E-state index in [9.17, 15) is 24.0 Å². The standard InChI is InChI=1S/C40H32Br4O12/c1-21-18-30(19-32(45)51-21)52-40-35(56-39(49)25-8-16-29(44)17-9-25)34(55-38(48)24-6-14-28(43)15-7-24)33(54-37(47)23-4-12-27(42)13-5-23)31(53-40)20-50-36(46)22-2-10-26(41)11-3-22/h2-17,21,30-31,33-35,40H,18-20H2,1H3/t21-,30-,31-,33-,34+,35-,40-/m1/s1. The summed E-state index contributed by atoms with van der Waals surface area (Å²) in [4.78, 5) is 67.3. The van der Waals surface area contributed by atoms with Crippen LogP contribution in [0.3, 0.4) is 0 Å². The lowest BCUT2D eigenvalue weighted by Gasteiger charge is -2.45. The molecule has 12 nitrogen and oxygen atoms in total. The highest BCUT2D eigenvalue weighted by atomic mass is 79.9. The third-order valence-corrected chi connectivity index (χ3v) is 10.8. The molecule has 16 heteroatoms. The number of rotatable bonds is 11. The number of carbonyl (C=O) groups excluding carboxylic acids is 5. The topological polar surface area (TPSA) is 150 Å². The smallest absolute Gasteiger partial charge is 0.338 e. The van der Waals surface area contributed by atoms with Crippen LogP contribution in [0.1, 0.15) is 61.2 Å². The van der Waals surface area contributed by atoms with Gasteiger partial charge in [0.15, 0.2) is 24.6 Å². The largest absolute Gasteiger partial charge is 0.462 e. The van der Waals surface area contributed by atoms with Gasteiger partial charge in [0.25, 0.3) is 0 Å². The van der Waals surface area contributed by atoms with Gasteiger partial charge in [0.1, 0.15) is 18.8 Å². The van der Waals surface area contributed by atoms with Gasteiger partial charge < -0.3 is 33.2 Å². The maximum Gasteiger partial charge on any atom is 0.338 e. The van der Waals surface area contributed by atoms with E-state index in [2.05, 4.69) is 63.7 Å². The minimum Gasteiger partial charge on any atom is -0.462 e. The first kappa shape index (κ1) is 41.7. The minimum absolute atomic E-state index is 0.121. The van der Waals surface area contributed by atoms with E-state index in [1.54, 1.807) is 67.6 Å². The molecular weight excluding hydrogens is 992 g/mol. The molecular formula is C40H32Br4O12. The number of hydrogen-bond donors (Lipinski definition) is 0. The summed E-state index contributed by atoms with van der Waals surface area (Å²) in [6.45, 7) is 1.17. The molecule has 0 amide bonds. The molecule has 0 aliphatic carbocycles. The van der Waals surface area contributed by atoms with Crippen LogP contribution in [0.25, 0.3) is 0 Å². The Labute approximate surface area is 355 Å². The fraction of sp³-hybridized carbons (Fsp3) is 0.275. The summed E-state index contributed by atoms with van der Waals surface area (Å²) >= 11 is 13.4. The zero-order valence-corrected chi connectivity index (χ0v) is 35.7. The molecule has 2 aliphatic rings. The van der Waals surface area contributed by atoms with Crippen molar-refractivity contribution in [2.45, 2.75) is 62.7 Å². The first-order valence-corrected chi connectivity index (χ1v) is 20.3. The lowest BCUT2D eigenvalue weighted by atomic mass is 9.97. The maximum absolute atomic E-state index is 13.9. The van der Waals surface area contributed by atoms with E-state index in [0.29, 0.717) is 13.4 Å². The average Bonchev–Trinajstić information content (AvgIpc) is 3.16. The number of halogens is 4. The van der Waals surface area contributed by atoms with Gasteiger partial charge in [-0.2, -0.15) is 0 Å². The molecule has 0 spiro atoms. The van der Waals surface area contributed by atoms with Crippen LogP contribution >= 0.6 is 63.7 Å². The third-order valence-electron chi connectivity index (χ3n) is 8.67. The Morgan fingerprint density at radius 1 is 0.589 bits per heavy atom. The van der Waals surface area contributed by atoms with Crippen LogP contribution in [0, 0.1) is 0 Å². The maximum atomic E-state index is 13.9. The van der Waals surface area contributed by atoms with Gasteiger partial charge in [0.2, 0.25) is 0 Å². The zero-order chi connectivity index (χ0) is 39.9. The van der Waals surface area contributed by atoms with E-state index in [1.807, 2.05) is 0 Å². The Morgan fingerprint density at radius 2 is 0.982 bits per heavy atom. The highest BCUT2D eigenvalue weighted by molar-refractivity contribution is 9.11. The molecule has 6 rings (SSSR count). The molecule has 0 aromatic heterocycles. The normalized spacial score (nSPS) is 23.3. The van der Waals surface area contributed by atoms with E-state index < -0.39 is 79.4 Å². The number of carbonyl (C=O) groups is 5. The first-order chi connectivity index (χ1) is 26.8. The minimum atomic E-state index is -1.62. The predicted molar refractivity (Wildman–Crippen MR) is 213 cm³/mol. The Morgan fingerprint density at radius 3 is 1.41 bits per heavy atom. The van der Waals surface area contributed by atoms with Crippen molar-refractivity contribution in [3.8, 4) is 0 Å². The second-order valence-electron chi connectivity index (χ2n) is 12.8. The number of cyclic esters (lactones) is 1. The molecule has 7 atom stereocenters. The van der Waals surface area contributed by atoms with Gasteiger partial charge in [-0.25, -0.2) is 19.2 Å². The second kappa shape index (κ2) is 19.0. The molecule has 2 saturated heterocycles. The van der Waals surface area contributed by atoms with Crippen molar-refractivity contribution in [2.24, 2.45) is 0 Å². The summed E-state index contributed by atoms with van der Waals surface area (Å²) in [5, 5.41) is 0. The van der Waals surface area contributed by atoms with Crippen molar-refractivity contribution in [3.05, 3.63) is 137 Å². The van der Waals surface area contributed by atoms with Gasteiger partial charge in [-0.1, -0.05) is 63.7 Å². The fourth-order valence-corrected chi connectivity index (χ4v) is 6.99.